The molecule has 5 atom stereocenters. The van der Waals surface area contributed by atoms with Crippen molar-refractivity contribution in [3.05, 3.63) is 29.1 Å². The fourth-order valence-corrected chi connectivity index (χ4v) is 7.67. The van der Waals surface area contributed by atoms with Crippen LogP contribution in [0.3, 0.4) is 0 Å². The van der Waals surface area contributed by atoms with E-state index in [0.29, 0.717) is 76.6 Å². The summed E-state index contributed by atoms with van der Waals surface area (Å²) in [4.78, 5) is 35.1. The summed E-state index contributed by atoms with van der Waals surface area (Å²) in [6, 6.07) is 1.23. The first-order valence-electron chi connectivity index (χ1n) is 15.4. The fourth-order valence-electron chi connectivity index (χ4n) is 7.67. The lowest BCUT2D eigenvalue weighted by atomic mass is 9.78. The number of amides is 2. The van der Waals surface area contributed by atoms with Gasteiger partial charge in [-0.2, -0.15) is 13.2 Å². The maximum absolute atomic E-state index is 14.4. The van der Waals surface area contributed by atoms with Gasteiger partial charge in [-0.3, -0.25) is 9.78 Å². The van der Waals surface area contributed by atoms with Gasteiger partial charge in [-0.1, -0.05) is 0 Å². The van der Waals surface area contributed by atoms with Gasteiger partial charge in [0.15, 0.2) is 0 Å². The quantitative estimate of drug-likeness (QED) is 0.525. The highest BCUT2D eigenvalue weighted by Gasteiger charge is 2.60. The number of halogens is 3. The molecule has 43 heavy (non-hydrogen) atoms. The lowest BCUT2D eigenvalue weighted by molar-refractivity contribution is -0.144. The van der Waals surface area contributed by atoms with Gasteiger partial charge in [0.25, 0.3) is 0 Å². The van der Waals surface area contributed by atoms with Gasteiger partial charge in [0, 0.05) is 83.5 Å². The minimum absolute atomic E-state index is 0.0330. The van der Waals surface area contributed by atoms with Gasteiger partial charge >= 0.3 is 12.3 Å². The van der Waals surface area contributed by atoms with E-state index in [-0.39, 0.29) is 49.0 Å². The standard InChI is InChI=1S/C30H41F3N4O6/c1-40-26-17-42-9-5-25(26)35-23-11-22-15-37(28(39)43-16-19-3-7-41-8-4-19)18-29(22,12-23)27(38)36-6-2-24-20(14-36)10-21(13-34-24)30(31,32)33/h10,13,19,22-23,25-26,35H,2-9,11-12,14-18H2,1H3/t22-,23+,25-,26+,29-/m0/s1. The lowest BCUT2D eigenvalue weighted by Crippen LogP contribution is -2.52. The van der Waals surface area contributed by atoms with Crippen molar-refractivity contribution in [3.63, 3.8) is 0 Å². The summed E-state index contributed by atoms with van der Waals surface area (Å²) in [5.41, 5.74) is -0.654. The largest absolute Gasteiger partial charge is 0.449 e. The van der Waals surface area contributed by atoms with Gasteiger partial charge in [0.05, 0.1) is 30.3 Å². The molecule has 1 aromatic heterocycles. The number of methoxy groups -OCH3 is 1. The van der Waals surface area contributed by atoms with Crippen LogP contribution in [0.25, 0.3) is 0 Å². The molecule has 238 valence electrons. The van der Waals surface area contributed by atoms with E-state index in [1.165, 1.54) is 0 Å². The molecule has 1 aromatic rings. The van der Waals surface area contributed by atoms with E-state index in [9.17, 15) is 22.8 Å². The van der Waals surface area contributed by atoms with Crippen LogP contribution in [0.4, 0.5) is 18.0 Å². The van der Waals surface area contributed by atoms with Crippen molar-refractivity contribution in [1.82, 2.24) is 20.1 Å². The maximum Gasteiger partial charge on any atom is 0.417 e. The molecular formula is C30H41F3N4O6. The molecule has 5 heterocycles. The molecule has 3 saturated heterocycles. The van der Waals surface area contributed by atoms with E-state index in [0.717, 1.165) is 31.5 Å². The van der Waals surface area contributed by atoms with Gasteiger partial charge in [-0.15, -0.1) is 0 Å². The van der Waals surface area contributed by atoms with E-state index in [4.69, 9.17) is 18.9 Å². The van der Waals surface area contributed by atoms with Crippen LogP contribution < -0.4 is 5.32 Å². The first-order valence-corrected chi connectivity index (χ1v) is 15.4. The Balaban J connectivity index is 1.19. The van der Waals surface area contributed by atoms with Crippen molar-refractivity contribution in [2.24, 2.45) is 17.3 Å². The normalized spacial score (nSPS) is 31.5. The number of ether oxygens (including phenoxy) is 4. The van der Waals surface area contributed by atoms with Crippen LogP contribution in [0.2, 0.25) is 0 Å². The number of hydrogen-bond donors (Lipinski definition) is 1. The number of rotatable bonds is 6. The van der Waals surface area contributed by atoms with Gasteiger partial charge in [-0.25, -0.2) is 4.79 Å². The lowest BCUT2D eigenvalue weighted by Gasteiger charge is -2.37. The molecule has 4 fully saturated rings. The second-order valence-electron chi connectivity index (χ2n) is 12.7. The summed E-state index contributed by atoms with van der Waals surface area (Å²) >= 11 is 0. The highest BCUT2D eigenvalue weighted by molar-refractivity contribution is 5.86. The SMILES string of the molecule is CO[C@@H]1COCC[C@@H]1N[C@@H]1C[C@H]2CN(C(=O)OCC3CCOCC3)C[C@@]2(C(=O)N2CCc3ncc(C(F)(F)F)cc3C2)C1. The zero-order valence-corrected chi connectivity index (χ0v) is 24.6. The first-order chi connectivity index (χ1) is 20.7. The van der Waals surface area contributed by atoms with Gasteiger partial charge < -0.3 is 34.1 Å². The average Bonchev–Trinajstić information content (AvgIpc) is 3.54. The number of nitrogens with zero attached hydrogens (tertiary/aromatic N) is 3. The summed E-state index contributed by atoms with van der Waals surface area (Å²) < 4.78 is 62.6. The van der Waals surface area contributed by atoms with Crippen LogP contribution in [-0.4, -0.2) is 105 Å². The molecular weight excluding hydrogens is 569 g/mol. The van der Waals surface area contributed by atoms with Crippen LogP contribution in [-0.2, 0) is 42.9 Å². The van der Waals surface area contributed by atoms with Crippen molar-refractivity contribution in [3.8, 4) is 0 Å². The van der Waals surface area contributed by atoms with Crippen LogP contribution in [0.1, 0.15) is 48.9 Å². The summed E-state index contributed by atoms with van der Waals surface area (Å²) in [5.74, 6) is 0.0515. The first kappa shape index (κ1) is 30.5. The molecule has 2 amide bonds. The Morgan fingerprint density at radius 3 is 2.72 bits per heavy atom. The third-order valence-corrected chi connectivity index (χ3v) is 10.1. The number of carbonyl (C=O) groups is 2. The minimum Gasteiger partial charge on any atom is -0.449 e. The molecule has 1 N–H and O–H groups in total. The Morgan fingerprint density at radius 2 is 1.95 bits per heavy atom. The summed E-state index contributed by atoms with van der Waals surface area (Å²) in [6.07, 6.45) is -0.0453. The Hall–Kier alpha value is -2.48. The van der Waals surface area contributed by atoms with Crippen molar-refractivity contribution >= 4 is 12.0 Å². The average molecular weight is 611 g/mol. The molecule has 0 radical (unpaired) electrons. The van der Waals surface area contributed by atoms with Gasteiger partial charge in [0.1, 0.15) is 0 Å². The van der Waals surface area contributed by atoms with Crippen LogP contribution in [0, 0.1) is 17.3 Å². The van der Waals surface area contributed by atoms with Crippen molar-refractivity contribution in [1.29, 1.82) is 0 Å². The maximum atomic E-state index is 14.4. The van der Waals surface area contributed by atoms with Gasteiger partial charge in [0.2, 0.25) is 5.91 Å². The van der Waals surface area contributed by atoms with E-state index >= 15 is 0 Å². The second kappa shape index (κ2) is 12.5. The highest BCUT2D eigenvalue weighted by atomic mass is 19.4. The number of pyridine rings is 1. The smallest absolute Gasteiger partial charge is 0.417 e. The van der Waals surface area contributed by atoms with Crippen LogP contribution in [0.15, 0.2) is 12.3 Å². The molecule has 13 heteroatoms. The Bertz CT molecular complexity index is 1180. The topological polar surface area (TPSA) is 102 Å². The van der Waals surface area contributed by atoms with Crippen molar-refractivity contribution in [2.45, 2.75) is 69.4 Å². The van der Waals surface area contributed by atoms with E-state index in [1.807, 2.05) is 0 Å². The molecule has 10 nitrogen and oxygen atoms in total. The van der Waals surface area contributed by atoms with Crippen molar-refractivity contribution < 1.29 is 41.7 Å². The minimum atomic E-state index is -4.51. The number of hydrogen-bond acceptors (Lipinski definition) is 8. The Kier molecular flexibility index (Phi) is 8.87. The number of aromatic nitrogens is 1. The highest BCUT2D eigenvalue weighted by Crippen LogP contribution is 2.51. The summed E-state index contributed by atoms with van der Waals surface area (Å²) in [6.45, 7) is 3.86. The van der Waals surface area contributed by atoms with E-state index < -0.39 is 23.2 Å². The van der Waals surface area contributed by atoms with Gasteiger partial charge in [-0.05, 0) is 55.6 Å². The molecule has 6 rings (SSSR count). The molecule has 1 aliphatic carbocycles. The number of fused-ring (bicyclic) bond motifs is 2. The zero-order chi connectivity index (χ0) is 30.2. The molecule has 0 spiro atoms. The molecule has 4 aliphatic heterocycles. The molecule has 5 aliphatic rings. The third kappa shape index (κ3) is 6.36. The second-order valence-corrected chi connectivity index (χ2v) is 12.7. The molecule has 0 bridgehead atoms. The Morgan fingerprint density at radius 1 is 1.16 bits per heavy atom. The number of alkyl halides is 3. The fraction of sp³-hybridized carbons (Fsp3) is 0.767. The predicted molar refractivity (Wildman–Crippen MR) is 147 cm³/mol. The van der Waals surface area contributed by atoms with E-state index in [1.54, 1.807) is 16.9 Å². The van der Waals surface area contributed by atoms with Crippen LogP contribution >= 0.6 is 0 Å². The summed E-state index contributed by atoms with van der Waals surface area (Å²) in [5, 5.41) is 3.72. The number of likely N-dealkylation sites (tertiary alicyclic amines) is 1. The third-order valence-electron chi connectivity index (χ3n) is 10.1. The van der Waals surface area contributed by atoms with E-state index in [2.05, 4.69) is 10.3 Å². The molecule has 1 saturated carbocycles. The zero-order valence-electron chi connectivity index (χ0n) is 24.6. The van der Waals surface area contributed by atoms with Crippen molar-refractivity contribution in [2.75, 3.05) is 59.8 Å². The number of carbonyl (C=O) groups excluding carboxylic acids is 2. The Labute approximate surface area is 249 Å². The predicted octanol–water partition coefficient (Wildman–Crippen LogP) is 3.02. The summed E-state index contributed by atoms with van der Waals surface area (Å²) in [7, 11) is 1.67. The molecule has 0 aromatic carbocycles. The number of nitrogens with one attached hydrogen (secondary N) is 1. The monoisotopic (exact) mass is 610 g/mol. The molecule has 0 unspecified atom stereocenters. The van der Waals surface area contributed by atoms with Crippen LogP contribution in [0.5, 0.6) is 0 Å².